The predicted octanol–water partition coefficient (Wildman–Crippen LogP) is 5.97. The first-order valence-corrected chi connectivity index (χ1v) is 14.7. The molecule has 1 saturated carbocycles. The van der Waals surface area contributed by atoms with Crippen molar-refractivity contribution < 1.29 is 35.5 Å². The number of hydrogen-bond acceptors (Lipinski definition) is 8. The van der Waals surface area contributed by atoms with E-state index in [1.54, 1.807) is 5.38 Å². The Labute approximate surface area is 237 Å². The van der Waals surface area contributed by atoms with Crippen LogP contribution in [0.2, 0.25) is 5.02 Å². The number of alkyl halides is 3. The van der Waals surface area contributed by atoms with Crippen LogP contribution >= 0.6 is 22.9 Å². The molecule has 2 N–H and O–H groups in total. The third-order valence-corrected chi connectivity index (χ3v) is 9.18. The highest BCUT2D eigenvalue weighted by Crippen LogP contribution is 2.41. The quantitative estimate of drug-likeness (QED) is 0.225. The highest BCUT2D eigenvalue weighted by Gasteiger charge is 2.36. The minimum atomic E-state index is -4.62. The standard InChI is InChI=1S/C25H25ClF4N4O4S2/c1-34(2)22-9-14(15-7-16(25(28,29)30)10-17(8-15)38-13-35)3-4-20(22)32-21-12-19(27)23(11-18(21)26)40(36,37)33-24-31-5-6-39-24/h5-8,10-14,20,22,32H,3-4,9H2,1-2H3,(H,31,33)/t14-,20-,22-/m0/s1. The van der Waals surface area contributed by atoms with Gasteiger partial charge in [-0.2, -0.15) is 13.2 Å². The molecule has 0 aliphatic heterocycles. The summed E-state index contributed by atoms with van der Waals surface area (Å²) in [6, 6.07) is 4.80. The van der Waals surface area contributed by atoms with Gasteiger partial charge in [0, 0.05) is 23.7 Å². The molecular formula is C25H25ClF4N4O4S2. The predicted molar refractivity (Wildman–Crippen MR) is 144 cm³/mol. The number of ether oxygens (including phenoxy) is 1. The number of thiazole rings is 1. The monoisotopic (exact) mass is 620 g/mol. The summed E-state index contributed by atoms with van der Waals surface area (Å²) in [4.78, 5) is 15.9. The third kappa shape index (κ3) is 6.85. The number of sulfonamides is 1. The van der Waals surface area contributed by atoms with E-state index in [0.29, 0.717) is 24.8 Å². The molecule has 1 heterocycles. The number of rotatable bonds is 9. The number of carbonyl (C=O) groups is 1. The molecule has 0 spiro atoms. The van der Waals surface area contributed by atoms with Crippen LogP contribution in [0.15, 0.2) is 46.8 Å². The number of halogens is 5. The summed E-state index contributed by atoms with van der Waals surface area (Å²) in [6.45, 7) is 0.0806. The summed E-state index contributed by atoms with van der Waals surface area (Å²) in [7, 11) is -0.647. The first-order valence-electron chi connectivity index (χ1n) is 12.0. The summed E-state index contributed by atoms with van der Waals surface area (Å²) in [5.41, 5.74) is -0.336. The number of anilines is 2. The smallest absolute Gasteiger partial charge is 0.416 e. The number of nitrogens with one attached hydrogen (secondary N) is 2. The van der Waals surface area contributed by atoms with Gasteiger partial charge in [0.05, 0.1) is 16.3 Å². The zero-order valence-electron chi connectivity index (χ0n) is 21.2. The molecule has 2 aromatic carbocycles. The first-order chi connectivity index (χ1) is 18.8. The van der Waals surface area contributed by atoms with E-state index in [9.17, 15) is 26.4 Å². The second-order valence-electron chi connectivity index (χ2n) is 9.50. The van der Waals surface area contributed by atoms with E-state index in [1.165, 1.54) is 12.3 Å². The van der Waals surface area contributed by atoms with Gasteiger partial charge in [0.1, 0.15) is 16.5 Å². The van der Waals surface area contributed by atoms with Gasteiger partial charge in [0.25, 0.3) is 16.5 Å². The van der Waals surface area contributed by atoms with Crippen LogP contribution in [-0.2, 0) is 21.0 Å². The van der Waals surface area contributed by atoms with Gasteiger partial charge in [-0.3, -0.25) is 9.52 Å². The fourth-order valence-corrected chi connectivity index (χ4v) is 6.98. The minimum Gasteiger partial charge on any atom is -0.429 e. The van der Waals surface area contributed by atoms with E-state index in [2.05, 4.69) is 15.0 Å². The highest BCUT2D eigenvalue weighted by molar-refractivity contribution is 7.93. The Kier molecular flexibility index (Phi) is 8.93. The number of aromatic nitrogens is 1. The Bertz CT molecular complexity index is 1470. The SMILES string of the molecule is CN(C)[C@H]1C[C@@H](c2cc(OC=O)cc(C(F)(F)F)c2)CC[C@@H]1Nc1cc(F)c(S(=O)(=O)Nc2nccs2)cc1Cl. The molecule has 1 fully saturated rings. The first kappa shape index (κ1) is 30.0. The van der Waals surface area contributed by atoms with Crippen LogP contribution in [-0.4, -0.2) is 51.0 Å². The Balaban J connectivity index is 1.55. The molecule has 15 heteroatoms. The van der Waals surface area contributed by atoms with Crippen molar-refractivity contribution in [3.8, 4) is 5.75 Å². The lowest BCUT2D eigenvalue weighted by atomic mass is 9.77. The van der Waals surface area contributed by atoms with Crippen LogP contribution < -0.4 is 14.8 Å². The molecule has 3 atom stereocenters. The Morgan fingerprint density at radius 2 is 1.93 bits per heavy atom. The van der Waals surface area contributed by atoms with Crippen molar-refractivity contribution in [1.82, 2.24) is 9.88 Å². The summed E-state index contributed by atoms with van der Waals surface area (Å²) in [5, 5.41) is 4.82. The molecule has 0 amide bonds. The van der Waals surface area contributed by atoms with Crippen LogP contribution in [0.5, 0.6) is 5.75 Å². The van der Waals surface area contributed by atoms with Crippen molar-refractivity contribution in [2.24, 2.45) is 0 Å². The molecule has 0 saturated heterocycles. The lowest BCUT2D eigenvalue weighted by molar-refractivity contribution is -0.138. The van der Waals surface area contributed by atoms with Crippen molar-refractivity contribution in [3.63, 3.8) is 0 Å². The lowest BCUT2D eigenvalue weighted by Gasteiger charge is -2.41. The van der Waals surface area contributed by atoms with Gasteiger partial charge in [0.15, 0.2) is 5.13 Å². The number of nitrogens with zero attached hydrogens (tertiary/aromatic N) is 2. The van der Waals surface area contributed by atoms with Crippen molar-refractivity contribution in [2.75, 3.05) is 24.1 Å². The largest absolute Gasteiger partial charge is 0.429 e. The lowest BCUT2D eigenvalue weighted by Crippen LogP contribution is -2.47. The van der Waals surface area contributed by atoms with Crippen molar-refractivity contribution in [3.05, 3.63) is 63.9 Å². The zero-order chi connectivity index (χ0) is 29.2. The van der Waals surface area contributed by atoms with Gasteiger partial charge in [-0.1, -0.05) is 11.6 Å². The van der Waals surface area contributed by atoms with E-state index in [4.69, 9.17) is 16.3 Å². The Morgan fingerprint density at radius 3 is 2.55 bits per heavy atom. The molecule has 0 radical (unpaired) electrons. The number of carbonyl (C=O) groups excluding carboxylic acids is 1. The molecule has 0 bridgehead atoms. The highest BCUT2D eigenvalue weighted by atomic mass is 35.5. The number of benzene rings is 2. The molecular weight excluding hydrogens is 596 g/mol. The van der Waals surface area contributed by atoms with Gasteiger partial charge in [-0.15, -0.1) is 11.3 Å². The maximum Gasteiger partial charge on any atom is 0.416 e. The number of hydrogen-bond donors (Lipinski definition) is 2. The third-order valence-electron chi connectivity index (χ3n) is 6.70. The van der Waals surface area contributed by atoms with Crippen LogP contribution in [0.4, 0.5) is 28.4 Å². The molecule has 1 aliphatic carbocycles. The van der Waals surface area contributed by atoms with E-state index in [0.717, 1.165) is 35.6 Å². The Morgan fingerprint density at radius 1 is 1.18 bits per heavy atom. The molecule has 40 heavy (non-hydrogen) atoms. The van der Waals surface area contributed by atoms with Gasteiger partial charge >= 0.3 is 6.18 Å². The van der Waals surface area contributed by atoms with Crippen LogP contribution in [0, 0.1) is 5.82 Å². The van der Waals surface area contributed by atoms with Gasteiger partial charge < -0.3 is 15.0 Å². The van der Waals surface area contributed by atoms with Gasteiger partial charge in [0.2, 0.25) is 0 Å². The maximum absolute atomic E-state index is 15.0. The molecule has 1 aromatic heterocycles. The molecule has 1 aliphatic rings. The van der Waals surface area contributed by atoms with E-state index >= 15 is 4.39 Å². The summed E-state index contributed by atoms with van der Waals surface area (Å²) in [6.07, 6.45) is -1.81. The summed E-state index contributed by atoms with van der Waals surface area (Å²) < 4.78 is 87.7. The Hall–Kier alpha value is -2.94. The molecule has 0 unspecified atom stereocenters. The summed E-state index contributed by atoms with van der Waals surface area (Å²) >= 11 is 7.41. The normalized spacial score (nSPS) is 19.9. The van der Waals surface area contributed by atoms with Gasteiger partial charge in [-0.25, -0.2) is 17.8 Å². The molecule has 3 aromatic rings. The van der Waals surface area contributed by atoms with E-state index in [-0.39, 0.29) is 46.1 Å². The fraction of sp³-hybridized carbons (Fsp3) is 0.360. The second-order valence-corrected chi connectivity index (χ2v) is 12.5. The average Bonchev–Trinajstić information content (AvgIpc) is 3.38. The van der Waals surface area contributed by atoms with Crippen molar-refractivity contribution in [1.29, 1.82) is 0 Å². The summed E-state index contributed by atoms with van der Waals surface area (Å²) in [5.74, 6) is -1.49. The fourth-order valence-electron chi connectivity index (χ4n) is 4.82. The van der Waals surface area contributed by atoms with Crippen molar-refractivity contribution in [2.45, 2.75) is 48.3 Å². The van der Waals surface area contributed by atoms with E-state index in [1.807, 2.05) is 19.0 Å². The van der Waals surface area contributed by atoms with Crippen LogP contribution in [0.1, 0.15) is 36.3 Å². The van der Waals surface area contributed by atoms with Crippen LogP contribution in [0.25, 0.3) is 0 Å². The average molecular weight is 621 g/mol. The minimum absolute atomic E-state index is 0.0194. The molecule has 4 rings (SSSR count). The second kappa shape index (κ2) is 11.9. The van der Waals surface area contributed by atoms with Crippen LogP contribution in [0.3, 0.4) is 0 Å². The molecule has 216 valence electrons. The van der Waals surface area contributed by atoms with Gasteiger partial charge in [-0.05, 0) is 75.2 Å². The van der Waals surface area contributed by atoms with Crippen molar-refractivity contribution >= 4 is 50.3 Å². The zero-order valence-corrected chi connectivity index (χ0v) is 23.6. The number of likely N-dealkylation sites (N-methyl/N-ethyl adjacent to an activating group) is 1. The topological polar surface area (TPSA) is 101 Å². The molecule has 8 nitrogen and oxygen atoms in total. The van der Waals surface area contributed by atoms with E-state index < -0.39 is 32.5 Å². The maximum atomic E-state index is 15.0.